The molecule has 8 heteroatoms. The summed E-state index contributed by atoms with van der Waals surface area (Å²) in [6, 6.07) is 22.5. The van der Waals surface area contributed by atoms with Crippen LogP contribution in [0.15, 0.2) is 83.8 Å². The molecule has 0 aliphatic carbocycles. The molecule has 1 atom stereocenters. The molecule has 6 nitrogen and oxygen atoms in total. The smallest absolute Gasteiger partial charge is 0.265 e. The van der Waals surface area contributed by atoms with Crippen LogP contribution in [0.2, 0.25) is 5.02 Å². The Morgan fingerprint density at radius 1 is 0.914 bits per heavy atom. The summed E-state index contributed by atoms with van der Waals surface area (Å²) in [7, 11) is -3.82. The second-order valence-corrected chi connectivity index (χ2v) is 10.3. The third-order valence-electron chi connectivity index (χ3n) is 5.56. The van der Waals surface area contributed by atoms with Gasteiger partial charge >= 0.3 is 0 Å². The predicted octanol–water partition coefficient (Wildman–Crippen LogP) is 6.32. The SMILES string of the molecule is Cc1cc(OC(C)C(=O)Nc2ccc(S(=O)(=O)Nc3cccc4ccccc34)cc2)cc(C)c1Cl. The van der Waals surface area contributed by atoms with Gasteiger partial charge in [0, 0.05) is 16.1 Å². The lowest BCUT2D eigenvalue weighted by Crippen LogP contribution is -2.30. The fourth-order valence-corrected chi connectivity index (χ4v) is 4.90. The number of rotatable bonds is 7. The Kier molecular flexibility index (Phi) is 7.00. The van der Waals surface area contributed by atoms with Gasteiger partial charge < -0.3 is 10.1 Å². The van der Waals surface area contributed by atoms with Gasteiger partial charge in [0.2, 0.25) is 0 Å². The van der Waals surface area contributed by atoms with Gasteiger partial charge in [-0.3, -0.25) is 9.52 Å². The van der Waals surface area contributed by atoms with Crippen LogP contribution in [0.1, 0.15) is 18.1 Å². The number of carbonyl (C=O) groups excluding carboxylic acids is 1. The van der Waals surface area contributed by atoms with E-state index < -0.39 is 16.1 Å². The van der Waals surface area contributed by atoms with Crippen LogP contribution in [0.3, 0.4) is 0 Å². The number of nitrogens with one attached hydrogen (secondary N) is 2. The third-order valence-corrected chi connectivity index (χ3v) is 7.54. The van der Waals surface area contributed by atoms with E-state index in [1.165, 1.54) is 12.1 Å². The van der Waals surface area contributed by atoms with Crippen LogP contribution in [0.4, 0.5) is 11.4 Å². The van der Waals surface area contributed by atoms with Crippen molar-refractivity contribution >= 4 is 49.7 Å². The first kappa shape index (κ1) is 24.6. The molecule has 0 aliphatic rings. The maximum atomic E-state index is 12.9. The fraction of sp³-hybridized carbons (Fsp3) is 0.148. The van der Waals surface area contributed by atoms with E-state index in [0.29, 0.717) is 22.1 Å². The molecular formula is C27H25ClN2O4S. The molecule has 0 saturated carbocycles. The van der Waals surface area contributed by atoms with Crippen molar-refractivity contribution in [2.24, 2.45) is 0 Å². The topological polar surface area (TPSA) is 84.5 Å². The maximum Gasteiger partial charge on any atom is 0.265 e. The van der Waals surface area contributed by atoms with Crippen molar-refractivity contribution in [3.63, 3.8) is 0 Å². The largest absolute Gasteiger partial charge is 0.481 e. The molecule has 4 aromatic rings. The Bertz CT molecular complexity index is 1470. The summed E-state index contributed by atoms with van der Waals surface area (Å²) >= 11 is 6.19. The van der Waals surface area contributed by atoms with Gasteiger partial charge in [0.1, 0.15) is 5.75 Å². The summed E-state index contributed by atoms with van der Waals surface area (Å²) in [5.41, 5.74) is 2.68. The monoisotopic (exact) mass is 508 g/mol. The molecule has 1 unspecified atom stereocenters. The van der Waals surface area contributed by atoms with Crippen LogP contribution >= 0.6 is 11.6 Å². The summed E-state index contributed by atoms with van der Waals surface area (Å²) in [6.45, 7) is 5.39. The zero-order valence-electron chi connectivity index (χ0n) is 19.5. The molecule has 4 aromatic carbocycles. The summed E-state index contributed by atoms with van der Waals surface area (Å²) in [5.74, 6) is 0.188. The molecule has 0 fully saturated rings. The summed E-state index contributed by atoms with van der Waals surface area (Å²) < 4.78 is 34.3. The Morgan fingerprint density at radius 2 is 1.54 bits per heavy atom. The average molecular weight is 509 g/mol. The second kappa shape index (κ2) is 9.98. The first-order chi connectivity index (χ1) is 16.6. The number of sulfonamides is 1. The molecule has 180 valence electrons. The zero-order valence-corrected chi connectivity index (χ0v) is 21.1. The summed E-state index contributed by atoms with van der Waals surface area (Å²) in [5, 5.41) is 5.16. The third kappa shape index (κ3) is 5.58. The van der Waals surface area contributed by atoms with E-state index in [-0.39, 0.29) is 10.8 Å². The molecule has 2 N–H and O–H groups in total. The number of carbonyl (C=O) groups is 1. The number of aryl methyl sites for hydroxylation is 2. The number of amides is 1. The van der Waals surface area contributed by atoms with Crippen molar-refractivity contribution in [1.29, 1.82) is 0 Å². The minimum atomic E-state index is -3.82. The van der Waals surface area contributed by atoms with Gasteiger partial charge in [-0.15, -0.1) is 0 Å². The number of benzene rings is 4. The highest BCUT2D eigenvalue weighted by molar-refractivity contribution is 7.92. The maximum absolute atomic E-state index is 12.9. The van der Waals surface area contributed by atoms with E-state index in [1.54, 1.807) is 43.3 Å². The summed E-state index contributed by atoms with van der Waals surface area (Å²) in [4.78, 5) is 12.7. The van der Waals surface area contributed by atoms with Gasteiger partial charge in [0.25, 0.3) is 15.9 Å². The average Bonchev–Trinajstić information content (AvgIpc) is 2.83. The van der Waals surface area contributed by atoms with Gasteiger partial charge in [0.05, 0.1) is 10.6 Å². The van der Waals surface area contributed by atoms with Crippen LogP contribution in [0.5, 0.6) is 5.75 Å². The number of ether oxygens (including phenoxy) is 1. The quantitative estimate of drug-likeness (QED) is 0.306. The van der Waals surface area contributed by atoms with Crippen LogP contribution < -0.4 is 14.8 Å². The van der Waals surface area contributed by atoms with Gasteiger partial charge in [-0.05, 0) is 79.7 Å². The normalized spacial score (nSPS) is 12.2. The number of hydrogen-bond donors (Lipinski definition) is 2. The molecule has 35 heavy (non-hydrogen) atoms. The minimum Gasteiger partial charge on any atom is -0.481 e. The van der Waals surface area contributed by atoms with Crippen molar-refractivity contribution in [2.45, 2.75) is 31.8 Å². The second-order valence-electron chi connectivity index (χ2n) is 8.28. The standard InChI is InChI=1S/C27H25ClN2O4S/c1-17-15-22(16-18(2)26(17)28)34-19(3)27(31)29-21-11-13-23(14-12-21)35(32,33)30-25-10-6-8-20-7-4-5-9-24(20)25/h4-16,19,30H,1-3H3,(H,29,31). The minimum absolute atomic E-state index is 0.0832. The zero-order chi connectivity index (χ0) is 25.2. The Labute approximate surface area is 209 Å². The highest BCUT2D eigenvalue weighted by Crippen LogP contribution is 2.28. The molecule has 0 aromatic heterocycles. The molecular weight excluding hydrogens is 484 g/mol. The van der Waals surface area contributed by atoms with Crippen LogP contribution in [0, 0.1) is 13.8 Å². The van der Waals surface area contributed by atoms with E-state index in [2.05, 4.69) is 10.0 Å². The summed E-state index contributed by atoms with van der Waals surface area (Å²) in [6.07, 6.45) is -0.772. The van der Waals surface area contributed by atoms with Gasteiger partial charge in [-0.2, -0.15) is 0 Å². The van der Waals surface area contributed by atoms with Crippen LogP contribution in [-0.2, 0) is 14.8 Å². The Hall–Kier alpha value is -3.55. The van der Waals surface area contributed by atoms with Crippen molar-refractivity contribution in [3.05, 3.63) is 95.0 Å². The lowest BCUT2D eigenvalue weighted by Gasteiger charge is -2.16. The van der Waals surface area contributed by atoms with Crippen LogP contribution in [0.25, 0.3) is 10.8 Å². The molecule has 0 radical (unpaired) electrons. The van der Waals surface area contributed by atoms with Crippen molar-refractivity contribution < 1.29 is 17.9 Å². The molecule has 0 saturated heterocycles. The lowest BCUT2D eigenvalue weighted by molar-refractivity contribution is -0.122. The molecule has 0 heterocycles. The lowest BCUT2D eigenvalue weighted by atomic mass is 10.1. The number of fused-ring (bicyclic) bond motifs is 1. The first-order valence-electron chi connectivity index (χ1n) is 11.0. The van der Waals surface area contributed by atoms with E-state index in [9.17, 15) is 13.2 Å². The van der Waals surface area contributed by atoms with Gasteiger partial charge in [-0.1, -0.05) is 48.0 Å². The predicted molar refractivity (Wildman–Crippen MR) is 141 cm³/mol. The number of halogens is 1. The van der Waals surface area contributed by atoms with E-state index >= 15 is 0 Å². The van der Waals surface area contributed by atoms with Gasteiger partial charge in [0.15, 0.2) is 6.10 Å². The van der Waals surface area contributed by atoms with Crippen molar-refractivity contribution in [2.75, 3.05) is 10.0 Å². The first-order valence-corrected chi connectivity index (χ1v) is 12.8. The molecule has 4 rings (SSSR count). The Morgan fingerprint density at radius 3 is 2.23 bits per heavy atom. The Balaban J connectivity index is 1.44. The number of hydrogen-bond acceptors (Lipinski definition) is 4. The number of anilines is 2. The fourth-order valence-electron chi connectivity index (χ4n) is 3.71. The molecule has 1 amide bonds. The van der Waals surface area contributed by atoms with Crippen LogP contribution in [-0.4, -0.2) is 20.4 Å². The highest BCUT2D eigenvalue weighted by Gasteiger charge is 2.18. The van der Waals surface area contributed by atoms with Crippen molar-refractivity contribution in [1.82, 2.24) is 0 Å². The van der Waals surface area contributed by atoms with Crippen molar-refractivity contribution in [3.8, 4) is 5.75 Å². The van der Waals surface area contributed by atoms with Gasteiger partial charge in [-0.25, -0.2) is 8.42 Å². The van der Waals surface area contributed by atoms with E-state index in [4.69, 9.17) is 16.3 Å². The van der Waals surface area contributed by atoms with E-state index in [1.807, 2.05) is 44.2 Å². The molecule has 0 bridgehead atoms. The highest BCUT2D eigenvalue weighted by atomic mass is 35.5. The molecule has 0 aliphatic heterocycles. The van der Waals surface area contributed by atoms with E-state index in [0.717, 1.165) is 21.9 Å². The molecule has 0 spiro atoms.